The van der Waals surface area contributed by atoms with Crippen molar-refractivity contribution in [3.05, 3.63) is 18.5 Å². The van der Waals surface area contributed by atoms with Crippen molar-refractivity contribution in [1.82, 2.24) is 14.7 Å². The molecule has 15 heavy (non-hydrogen) atoms. The minimum absolute atomic E-state index is 0.902. The van der Waals surface area contributed by atoms with Crippen LogP contribution in [-0.2, 0) is 11.3 Å². The molecule has 1 aliphatic heterocycles. The highest BCUT2D eigenvalue weighted by Crippen LogP contribution is 2.01. The first-order chi connectivity index (χ1) is 7.45. The summed E-state index contributed by atoms with van der Waals surface area (Å²) in [6.45, 7) is 6.24. The number of morpholine rings is 1. The van der Waals surface area contributed by atoms with E-state index in [1.165, 1.54) is 19.4 Å². The van der Waals surface area contributed by atoms with Crippen LogP contribution in [0.3, 0.4) is 0 Å². The molecular formula is C11H19N3O. The maximum absolute atomic E-state index is 5.31. The average Bonchev–Trinajstić information content (AvgIpc) is 2.79. The van der Waals surface area contributed by atoms with Crippen LogP contribution in [0.25, 0.3) is 0 Å². The number of hydrogen-bond donors (Lipinski definition) is 0. The molecule has 0 atom stereocenters. The Bertz CT molecular complexity index is 255. The highest BCUT2D eigenvalue weighted by molar-refractivity contribution is 4.77. The second-order valence-corrected chi connectivity index (χ2v) is 3.93. The minimum atomic E-state index is 0.902. The third-order valence-corrected chi connectivity index (χ3v) is 2.77. The van der Waals surface area contributed by atoms with Crippen molar-refractivity contribution in [1.29, 1.82) is 0 Å². The molecule has 4 heteroatoms. The fraction of sp³-hybridized carbons (Fsp3) is 0.727. The van der Waals surface area contributed by atoms with E-state index in [0.717, 1.165) is 32.8 Å². The van der Waals surface area contributed by atoms with Gasteiger partial charge in [-0.3, -0.25) is 9.58 Å². The Labute approximate surface area is 90.8 Å². The second kappa shape index (κ2) is 5.88. The molecule has 2 rings (SSSR count). The molecule has 0 N–H and O–H groups in total. The maximum Gasteiger partial charge on any atom is 0.0594 e. The van der Waals surface area contributed by atoms with Crippen molar-refractivity contribution in [3.63, 3.8) is 0 Å². The van der Waals surface area contributed by atoms with Gasteiger partial charge in [0.15, 0.2) is 0 Å². The summed E-state index contributed by atoms with van der Waals surface area (Å²) in [5.41, 5.74) is 0. The Morgan fingerprint density at radius 3 is 2.67 bits per heavy atom. The third kappa shape index (κ3) is 3.64. The number of aryl methyl sites for hydroxylation is 1. The van der Waals surface area contributed by atoms with Crippen molar-refractivity contribution < 1.29 is 4.74 Å². The van der Waals surface area contributed by atoms with Crippen LogP contribution >= 0.6 is 0 Å². The van der Waals surface area contributed by atoms with Gasteiger partial charge in [-0.15, -0.1) is 0 Å². The van der Waals surface area contributed by atoms with Crippen LogP contribution < -0.4 is 0 Å². The molecule has 84 valence electrons. The van der Waals surface area contributed by atoms with Gasteiger partial charge < -0.3 is 4.74 Å². The van der Waals surface area contributed by atoms with E-state index in [-0.39, 0.29) is 0 Å². The number of hydrogen-bond acceptors (Lipinski definition) is 3. The molecule has 0 bridgehead atoms. The van der Waals surface area contributed by atoms with E-state index in [0.29, 0.717) is 0 Å². The largest absolute Gasteiger partial charge is 0.379 e. The number of rotatable bonds is 5. The smallest absolute Gasteiger partial charge is 0.0594 e. The van der Waals surface area contributed by atoms with Crippen LogP contribution in [0.2, 0.25) is 0 Å². The first-order valence-corrected chi connectivity index (χ1v) is 5.73. The molecule has 0 radical (unpaired) electrons. The third-order valence-electron chi connectivity index (χ3n) is 2.77. The maximum atomic E-state index is 5.31. The van der Waals surface area contributed by atoms with E-state index < -0.39 is 0 Å². The van der Waals surface area contributed by atoms with Gasteiger partial charge >= 0.3 is 0 Å². The summed E-state index contributed by atoms with van der Waals surface area (Å²) in [6, 6.07) is 1.97. The van der Waals surface area contributed by atoms with Gasteiger partial charge in [-0.05, 0) is 25.5 Å². The van der Waals surface area contributed by atoms with Crippen molar-refractivity contribution >= 4 is 0 Å². The van der Waals surface area contributed by atoms with Crippen LogP contribution in [0.1, 0.15) is 12.8 Å². The predicted molar refractivity (Wildman–Crippen MR) is 58.7 cm³/mol. The zero-order valence-electron chi connectivity index (χ0n) is 9.14. The number of unbranched alkanes of at least 4 members (excludes halogenated alkanes) is 1. The molecule has 1 aromatic heterocycles. The lowest BCUT2D eigenvalue weighted by atomic mass is 10.3. The fourth-order valence-electron chi connectivity index (χ4n) is 1.87. The van der Waals surface area contributed by atoms with E-state index >= 15 is 0 Å². The standard InChI is InChI=1S/C11H19N3O/c1(2-6-14-7-3-4-12-14)5-13-8-10-15-11-9-13/h3-4,7H,1-2,5-6,8-11H2. The van der Waals surface area contributed by atoms with Gasteiger partial charge in [0.1, 0.15) is 0 Å². The molecule has 2 heterocycles. The van der Waals surface area contributed by atoms with E-state index in [1.54, 1.807) is 0 Å². The first kappa shape index (κ1) is 10.6. The summed E-state index contributed by atoms with van der Waals surface area (Å²) in [5.74, 6) is 0. The summed E-state index contributed by atoms with van der Waals surface area (Å²) in [4.78, 5) is 2.48. The summed E-state index contributed by atoms with van der Waals surface area (Å²) < 4.78 is 7.31. The zero-order chi connectivity index (χ0) is 10.3. The van der Waals surface area contributed by atoms with Crippen molar-refractivity contribution in [2.45, 2.75) is 19.4 Å². The van der Waals surface area contributed by atoms with Crippen LogP contribution in [-0.4, -0.2) is 47.5 Å². The predicted octanol–water partition coefficient (Wildman–Crippen LogP) is 0.995. The molecule has 0 spiro atoms. The number of nitrogens with zero attached hydrogens (tertiary/aromatic N) is 3. The number of aromatic nitrogens is 2. The lowest BCUT2D eigenvalue weighted by Crippen LogP contribution is -2.36. The summed E-state index contributed by atoms with van der Waals surface area (Å²) >= 11 is 0. The van der Waals surface area contributed by atoms with E-state index in [2.05, 4.69) is 10.00 Å². The molecule has 1 saturated heterocycles. The summed E-state index contributed by atoms with van der Waals surface area (Å²) in [6.07, 6.45) is 6.32. The quantitative estimate of drug-likeness (QED) is 0.678. The van der Waals surface area contributed by atoms with Crippen LogP contribution in [0.15, 0.2) is 18.5 Å². The second-order valence-electron chi connectivity index (χ2n) is 3.93. The molecular weight excluding hydrogens is 190 g/mol. The van der Waals surface area contributed by atoms with Gasteiger partial charge in [-0.1, -0.05) is 0 Å². The average molecular weight is 209 g/mol. The highest BCUT2D eigenvalue weighted by Gasteiger charge is 2.08. The van der Waals surface area contributed by atoms with Gasteiger partial charge in [-0.2, -0.15) is 5.10 Å². The number of ether oxygens (including phenoxy) is 1. The Morgan fingerprint density at radius 1 is 1.13 bits per heavy atom. The SMILES string of the molecule is c1cnn(CCCCN2CCOCC2)c1. The molecule has 4 nitrogen and oxygen atoms in total. The fourth-order valence-corrected chi connectivity index (χ4v) is 1.87. The van der Waals surface area contributed by atoms with Crippen molar-refractivity contribution in [2.75, 3.05) is 32.8 Å². The van der Waals surface area contributed by atoms with E-state index in [9.17, 15) is 0 Å². The van der Waals surface area contributed by atoms with Crippen molar-refractivity contribution in [3.8, 4) is 0 Å². The van der Waals surface area contributed by atoms with Gasteiger partial charge in [0.2, 0.25) is 0 Å². The van der Waals surface area contributed by atoms with Gasteiger partial charge in [0.05, 0.1) is 13.2 Å². The molecule has 0 saturated carbocycles. The monoisotopic (exact) mass is 209 g/mol. The van der Waals surface area contributed by atoms with Gasteiger partial charge in [0.25, 0.3) is 0 Å². The van der Waals surface area contributed by atoms with Gasteiger partial charge in [-0.25, -0.2) is 0 Å². The van der Waals surface area contributed by atoms with Crippen LogP contribution in [0.5, 0.6) is 0 Å². The molecule has 1 aromatic rings. The Balaban J connectivity index is 1.54. The molecule has 0 amide bonds. The van der Waals surface area contributed by atoms with E-state index in [4.69, 9.17) is 4.74 Å². The lowest BCUT2D eigenvalue weighted by Gasteiger charge is -2.26. The molecule has 0 aliphatic carbocycles. The van der Waals surface area contributed by atoms with Crippen LogP contribution in [0, 0.1) is 0 Å². The van der Waals surface area contributed by atoms with Crippen molar-refractivity contribution in [2.24, 2.45) is 0 Å². The van der Waals surface area contributed by atoms with Gasteiger partial charge in [0, 0.05) is 32.0 Å². The molecule has 1 fully saturated rings. The zero-order valence-corrected chi connectivity index (χ0v) is 9.14. The normalized spacial score (nSPS) is 18.1. The highest BCUT2D eigenvalue weighted by atomic mass is 16.5. The lowest BCUT2D eigenvalue weighted by molar-refractivity contribution is 0.0370. The summed E-state index contributed by atoms with van der Waals surface area (Å²) in [5, 5.41) is 4.18. The Hall–Kier alpha value is -0.870. The molecule has 0 unspecified atom stereocenters. The first-order valence-electron chi connectivity index (χ1n) is 5.73. The van der Waals surface area contributed by atoms with Crippen LogP contribution in [0.4, 0.5) is 0 Å². The molecule has 1 aliphatic rings. The topological polar surface area (TPSA) is 30.3 Å². The molecule has 0 aromatic carbocycles. The van der Waals surface area contributed by atoms with E-state index in [1.807, 2.05) is 23.1 Å². The Morgan fingerprint density at radius 2 is 1.93 bits per heavy atom. The Kier molecular flexibility index (Phi) is 4.17. The summed E-state index contributed by atoms with van der Waals surface area (Å²) in [7, 11) is 0. The minimum Gasteiger partial charge on any atom is -0.379 e.